The Hall–Kier alpha value is -3.21. The van der Waals surface area contributed by atoms with Crippen LogP contribution in [0.25, 0.3) is 21.9 Å². The van der Waals surface area contributed by atoms with Crippen molar-refractivity contribution in [1.82, 2.24) is 14.5 Å². The number of benzene rings is 2. The van der Waals surface area contributed by atoms with Crippen LogP contribution in [0.1, 0.15) is 11.4 Å². The third-order valence-corrected chi connectivity index (χ3v) is 4.37. The number of nitrogens with zero attached hydrogens (tertiary/aromatic N) is 3. The van der Waals surface area contributed by atoms with Crippen LogP contribution in [-0.2, 0) is 13.2 Å². The molecule has 0 N–H and O–H groups in total. The van der Waals surface area contributed by atoms with Gasteiger partial charge in [0, 0.05) is 11.5 Å². The Bertz CT molecular complexity index is 1160. The molecule has 5 heteroatoms. The summed E-state index contributed by atoms with van der Waals surface area (Å²) < 4.78 is 7.68. The number of hydrogen-bond donors (Lipinski definition) is 0. The van der Waals surface area contributed by atoms with Gasteiger partial charge in [0.2, 0.25) is 0 Å². The van der Waals surface area contributed by atoms with Crippen molar-refractivity contribution in [2.45, 2.75) is 13.2 Å². The largest absolute Gasteiger partial charge is 0.485 e. The predicted molar refractivity (Wildman–Crippen MR) is 91.2 cm³/mol. The van der Waals surface area contributed by atoms with E-state index in [1.165, 1.54) is 0 Å². The molecule has 24 heavy (non-hydrogen) atoms. The van der Waals surface area contributed by atoms with Crippen LogP contribution in [0.15, 0.2) is 59.4 Å². The van der Waals surface area contributed by atoms with E-state index in [9.17, 15) is 4.79 Å². The molecule has 1 aliphatic heterocycles. The first kappa shape index (κ1) is 13.2. The average molecular weight is 315 g/mol. The van der Waals surface area contributed by atoms with E-state index >= 15 is 0 Å². The zero-order valence-electron chi connectivity index (χ0n) is 12.8. The number of hydrogen-bond acceptors (Lipinski definition) is 4. The zero-order valence-corrected chi connectivity index (χ0v) is 12.8. The van der Waals surface area contributed by atoms with Gasteiger partial charge in [0.15, 0.2) is 0 Å². The molecule has 1 aliphatic rings. The Kier molecular flexibility index (Phi) is 2.70. The maximum Gasteiger partial charge on any atom is 0.251 e. The van der Waals surface area contributed by atoms with Gasteiger partial charge in [-0.1, -0.05) is 24.3 Å². The van der Waals surface area contributed by atoms with E-state index in [0.717, 1.165) is 33.3 Å². The fraction of sp³-hybridized carbons (Fsp3) is 0.105. The third-order valence-electron chi connectivity index (χ3n) is 4.37. The van der Waals surface area contributed by atoms with Crippen LogP contribution in [0.5, 0.6) is 5.75 Å². The Labute approximate surface area is 137 Å². The number of aromatic nitrogens is 3. The Morgan fingerprint density at radius 2 is 1.67 bits per heavy atom. The van der Waals surface area contributed by atoms with E-state index in [-0.39, 0.29) is 5.56 Å². The minimum absolute atomic E-state index is 0.0682. The Morgan fingerprint density at radius 1 is 0.875 bits per heavy atom. The van der Waals surface area contributed by atoms with E-state index in [2.05, 4.69) is 4.98 Å². The molecule has 0 saturated carbocycles. The fourth-order valence-electron chi connectivity index (χ4n) is 3.21. The van der Waals surface area contributed by atoms with Crippen LogP contribution in [0, 0.1) is 0 Å². The van der Waals surface area contributed by atoms with Crippen molar-refractivity contribution in [3.8, 4) is 5.75 Å². The minimum Gasteiger partial charge on any atom is -0.485 e. The summed E-state index contributed by atoms with van der Waals surface area (Å²) in [6.45, 7) is 0.735. The van der Waals surface area contributed by atoms with Gasteiger partial charge < -0.3 is 4.74 Å². The molecule has 2 aromatic carbocycles. The molecule has 0 aliphatic carbocycles. The van der Waals surface area contributed by atoms with Crippen molar-refractivity contribution in [1.29, 1.82) is 0 Å². The lowest BCUT2D eigenvalue weighted by molar-refractivity contribution is 0.298. The van der Waals surface area contributed by atoms with E-state index in [4.69, 9.17) is 9.72 Å². The molecule has 3 heterocycles. The van der Waals surface area contributed by atoms with Crippen molar-refractivity contribution in [3.05, 3.63) is 76.3 Å². The molecule has 2 aromatic heterocycles. The Balaban J connectivity index is 1.82. The first-order valence-electron chi connectivity index (χ1n) is 7.79. The molecular weight excluding hydrogens is 302 g/mol. The molecule has 0 fully saturated rings. The summed E-state index contributed by atoms with van der Waals surface area (Å²) in [5.74, 6) is 0.700. The summed E-state index contributed by atoms with van der Waals surface area (Å²) >= 11 is 0. The van der Waals surface area contributed by atoms with Gasteiger partial charge in [0.25, 0.3) is 5.56 Å². The maximum atomic E-state index is 12.4. The second kappa shape index (κ2) is 4.89. The first-order chi connectivity index (χ1) is 11.8. The quantitative estimate of drug-likeness (QED) is 0.501. The molecule has 5 rings (SSSR count). The van der Waals surface area contributed by atoms with E-state index in [1.807, 2.05) is 48.5 Å². The normalized spacial score (nSPS) is 13.2. The van der Waals surface area contributed by atoms with E-state index in [1.54, 1.807) is 10.6 Å². The van der Waals surface area contributed by atoms with Crippen LogP contribution in [0.4, 0.5) is 0 Å². The molecule has 0 amide bonds. The van der Waals surface area contributed by atoms with Gasteiger partial charge >= 0.3 is 0 Å². The molecule has 4 aromatic rings. The van der Waals surface area contributed by atoms with Crippen LogP contribution in [0.2, 0.25) is 0 Å². The molecule has 0 bridgehead atoms. The van der Waals surface area contributed by atoms with Crippen LogP contribution in [0.3, 0.4) is 0 Å². The lowest BCUT2D eigenvalue weighted by Crippen LogP contribution is -2.24. The molecule has 5 nitrogen and oxygen atoms in total. The summed E-state index contributed by atoms with van der Waals surface area (Å²) in [6.07, 6.45) is 0. The molecule has 0 radical (unpaired) electrons. The second-order valence-corrected chi connectivity index (χ2v) is 5.85. The van der Waals surface area contributed by atoms with Crippen LogP contribution >= 0.6 is 0 Å². The monoisotopic (exact) mass is 315 g/mol. The zero-order chi connectivity index (χ0) is 16.1. The summed E-state index contributed by atoms with van der Waals surface area (Å²) in [5.41, 5.74) is 3.95. The smallest absolute Gasteiger partial charge is 0.251 e. The molecule has 0 spiro atoms. The fourth-order valence-corrected chi connectivity index (χ4v) is 3.21. The predicted octanol–water partition coefficient (Wildman–Crippen LogP) is 2.89. The molecule has 116 valence electrons. The Morgan fingerprint density at radius 3 is 2.50 bits per heavy atom. The molecule has 0 saturated heterocycles. The highest BCUT2D eigenvalue weighted by Crippen LogP contribution is 2.28. The van der Waals surface area contributed by atoms with Gasteiger partial charge in [0.1, 0.15) is 18.1 Å². The van der Waals surface area contributed by atoms with Crippen molar-refractivity contribution in [2.75, 3.05) is 0 Å². The van der Waals surface area contributed by atoms with Crippen molar-refractivity contribution < 1.29 is 4.74 Å². The number of ether oxygens (including phenoxy) is 1. The molecule has 0 unspecified atom stereocenters. The molecule has 0 atom stereocenters. The topological polar surface area (TPSA) is 57.0 Å². The average Bonchev–Trinajstić information content (AvgIpc) is 2.60. The summed E-state index contributed by atoms with van der Waals surface area (Å²) in [7, 11) is 0. The van der Waals surface area contributed by atoms with Gasteiger partial charge in [-0.25, -0.2) is 9.97 Å². The van der Waals surface area contributed by atoms with Crippen molar-refractivity contribution in [2.24, 2.45) is 0 Å². The highest BCUT2D eigenvalue weighted by Gasteiger charge is 2.18. The van der Waals surface area contributed by atoms with Gasteiger partial charge in [0.05, 0.1) is 28.8 Å². The number of fused-ring (bicyclic) bond motifs is 2. The highest BCUT2D eigenvalue weighted by molar-refractivity contribution is 5.85. The van der Waals surface area contributed by atoms with E-state index in [0.29, 0.717) is 18.9 Å². The maximum absolute atomic E-state index is 12.4. The number of para-hydroxylation sites is 3. The highest BCUT2D eigenvalue weighted by atomic mass is 16.5. The standard InChI is InChI=1S/C19H13N3O2/c23-18-9-8-12-4-3-7-17-19(12)22(18)10-15-16(11-24-17)21-14-6-2-1-5-13(14)20-15/h1-9H,10-11H2. The summed E-state index contributed by atoms with van der Waals surface area (Å²) in [4.78, 5) is 21.8. The summed E-state index contributed by atoms with van der Waals surface area (Å²) in [6, 6.07) is 16.9. The van der Waals surface area contributed by atoms with Crippen molar-refractivity contribution >= 4 is 21.9 Å². The third kappa shape index (κ3) is 1.91. The minimum atomic E-state index is -0.0682. The van der Waals surface area contributed by atoms with Gasteiger partial charge in [-0.05, 0) is 24.3 Å². The lowest BCUT2D eigenvalue weighted by Gasteiger charge is -2.19. The van der Waals surface area contributed by atoms with Crippen LogP contribution in [-0.4, -0.2) is 14.5 Å². The van der Waals surface area contributed by atoms with Crippen molar-refractivity contribution in [3.63, 3.8) is 0 Å². The van der Waals surface area contributed by atoms with Gasteiger partial charge in [-0.2, -0.15) is 0 Å². The van der Waals surface area contributed by atoms with Crippen LogP contribution < -0.4 is 10.3 Å². The van der Waals surface area contributed by atoms with Gasteiger partial charge in [-0.15, -0.1) is 0 Å². The molecular formula is C19H13N3O2. The number of pyridine rings is 1. The van der Waals surface area contributed by atoms with E-state index < -0.39 is 0 Å². The van der Waals surface area contributed by atoms with Gasteiger partial charge in [-0.3, -0.25) is 9.36 Å². The second-order valence-electron chi connectivity index (χ2n) is 5.85. The SMILES string of the molecule is O=c1ccc2cccc3c2n1Cc1nc2ccccc2nc1CO3. The number of rotatable bonds is 0. The summed E-state index contributed by atoms with van der Waals surface area (Å²) in [5, 5.41) is 0.976. The lowest BCUT2D eigenvalue weighted by atomic mass is 10.1. The first-order valence-corrected chi connectivity index (χ1v) is 7.79.